The van der Waals surface area contributed by atoms with Gasteiger partial charge >= 0.3 is 0 Å². The van der Waals surface area contributed by atoms with Gasteiger partial charge in [-0.05, 0) is 30.7 Å². The average molecular weight is 283 g/mol. The number of aromatic nitrogens is 3. The van der Waals surface area contributed by atoms with Gasteiger partial charge in [0.2, 0.25) is 0 Å². The van der Waals surface area contributed by atoms with Crippen molar-refractivity contribution in [2.75, 3.05) is 5.32 Å². The largest absolute Gasteiger partial charge is 0.318 e. The van der Waals surface area contributed by atoms with Crippen LogP contribution in [0.15, 0.2) is 24.4 Å². The van der Waals surface area contributed by atoms with Crippen LogP contribution < -0.4 is 5.32 Å². The fourth-order valence-corrected chi connectivity index (χ4v) is 1.52. The molecule has 0 fully saturated rings. The van der Waals surface area contributed by atoms with Crippen molar-refractivity contribution < 1.29 is 4.79 Å². The van der Waals surface area contributed by atoms with E-state index in [4.69, 9.17) is 23.2 Å². The molecule has 0 radical (unpaired) electrons. The number of nitrogens with one attached hydrogen (secondary N) is 1. The standard InChI is InChI=1S/C11H8Cl2N4O/c1-6-4-8(10(13)14-5-6)15-11(18)7-2-3-9(12)17-16-7/h2-5H,1H3,(H,15,18). The van der Waals surface area contributed by atoms with E-state index in [1.54, 1.807) is 12.3 Å². The van der Waals surface area contributed by atoms with Crippen LogP contribution in [0.5, 0.6) is 0 Å². The number of rotatable bonds is 2. The summed E-state index contributed by atoms with van der Waals surface area (Å²) < 4.78 is 0. The first-order valence-electron chi connectivity index (χ1n) is 4.99. The quantitative estimate of drug-likeness (QED) is 0.860. The number of carbonyl (C=O) groups excluding carboxylic acids is 1. The monoisotopic (exact) mass is 282 g/mol. The van der Waals surface area contributed by atoms with Crippen LogP contribution >= 0.6 is 23.2 Å². The van der Waals surface area contributed by atoms with Crippen LogP contribution in [-0.4, -0.2) is 21.1 Å². The topological polar surface area (TPSA) is 67.8 Å². The highest BCUT2D eigenvalue weighted by Crippen LogP contribution is 2.20. The van der Waals surface area contributed by atoms with Crippen molar-refractivity contribution in [2.45, 2.75) is 6.92 Å². The molecule has 2 heterocycles. The number of hydrogen-bond donors (Lipinski definition) is 1. The molecular formula is C11H8Cl2N4O. The van der Waals surface area contributed by atoms with Gasteiger partial charge in [-0.15, -0.1) is 10.2 Å². The summed E-state index contributed by atoms with van der Waals surface area (Å²) in [6, 6.07) is 4.68. The molecule has 0 aromatic carbocycles. The highest BCUT2D eigenvalue weighted by molar-refractivity contribution is 6.32. The van der Waals surface area contributed by atoms with Gasteiger partial charge in [-0.1, -0.05) is 23.2 Å². The molecule has 2 rings (SSSR count). The molecule has 0 spiro atoms. The van der Waals surface area contributed by atoms with Gasteiger partial charge < -0.3 is 5.32 Å². The van der Waals surface area contributed by atoms with E-state index >= 15 is 0 Å². The molecule has 0 aliphatic carbocycles. The van der Waals surface area contributed by atoms with Crippen molar-refractivity contribution in [3.63, 3.8) is 0 Å². The van der Waals surface area contributed by atoms with Crippen molar-refractivity contribution in [3.05, 3.63) is 46.0 Å². The minimum atomic E-state index is -0.423. The second kappa shape index (κ2) is 5.29. The summed E-state index contributed by atoms with van der Waals surface area (Å²) in [5.41, 5.74) is 1.47. The predicted octanol–water partition coefficient (Wildman–Crippen LogP) is 2.74. The van der Waals surface area contributed by atoms with Gasteiger partial charge in [0.1, 0.15) is 0 Å². The minimum Gasteiger partial charge on any atom is -0.318 e. The number of amides is 1. The van der Waals surface area contributed by atoms with Gasteiger partial charge in [-0.3, -0.25) is 4.79 Å². The maximum atomic E-state index is 11.8. The van der Waals surface area contributed by atoms with E-state index in [0.29, 0.717) is 5.69 Å². The van der Waals surface area contributed by atoms with E-state index in [-0.39, 0.29) is 16.0 Å². The maximum absolute atomic E-state index is 11.8. The lowest BCUT2D eigenvalue weighted by Crippen LogP contribution is -2.14. The van der Waals surface area contributed by atoms with Crippen LogP contribution in [0.1, 0.15) is 16.1 Å². The number of halogens is 2. The first-order chi connectivity index (χ1) is 8.56. The lowest BCUT2D eigenvalue weighted by molar-refractivity contribution is 0.102. The normalized spacial score (nSPS) is 10.2. The fraction of sp³-hybridized carbons (Fsp3) is 0.0909. The molecule has 5 nitrogen and oxygen atoms in total. The molecule has 0 aliphatic rings. The summed E-state index contributed by atoms with van der Waals surface area (Å²) in [6.07, 6.45) is 1.61. The van der Waals surface area contributed by atoms with E-state index < -0.39 is 5.91 Å². The van der Waals surface area contributed by atoms with Gasteiger partial charge in [0, 0.05) is 6.20 Å². The van der Waals surface area contributed by atoms with Crippen molar-refractivity contribution in [1.29, 1.82) is 0 Å². The molecule has 0 unspecified atom stereocenters. The third kappa shape index (κ3) is 2.94. The summed E-state index contributed by atoms with van der Waals surface area (Å²) in [5, 5.41) is 10.3. The number of pyridine rings is 1. The number of aryl methyl sites for hydroxylation is 1. The molecule has 7 heteroatoms. The molecule has 0 saturated carbocycles. The number of anilines is 1. The van der Waals surface area contributed by atoms with Crippen LogP contribution in [0.4, 0.5) is 5.69 Å². The fourth-order valence-electron chi connectivity index (χ4n) is 1.26. The van der Waals surface area contributed by atoms with Crippen LogP contribution in [0, 0.1) is 6.92 Å². The first-order valence-corrected chi connectivity index (χ1v) is 5.74. The van der Waals surface area contributed by atoms with Crippen LogP contribution in [0.25, 0.3) is 0 Å². The van der Waals surface area contributed by atoms with E-state index in [1.807, 2.05) is 6.92 Å². The number of carbonyl (C=O) groups is 1. The zero-order valence-electron chi connectivity index (χ0n) is 9.32. The summed E-state index contributed by atoms with van der Waals surface area (Å²) in [5.74, 6) is -0.423. The van der Waals surface area contributed by atoms with Crippen LogP contribution in [0.2, 0.25) is 10.3 Å². The Morgan fingerprint density at radius 2 is 2.06 bits per heavy atom. The Kier molecular flexibility index (Phi) is 3.74. The Balaban J connectivity index is 2.21. The molecule has 0 bridgehead atoms. The number of hydrogen-bond acceptors (Lipinski definition) is 4. The van der Waals surface area contributed by atoms with E-state index in [0.717, 1.165) is 5.56 Å². The zero-order valence-corrected chi connectivity index (χ0v) is 10.8. The molecule has 0 saturated heterocycles. The Morgan fingerprint density at radius 1 is 1.28 bits per heavy atom. The summed E-state index contributed by atoms with van der Waals surface area (Å²) in [4.78, 5) is 15.8. The van der Waals surface area contributed by atoms with Crippen molar-refractivity contribution >= 4 is 34.8 Å². The Hall–Kier alpha value is -1.72. The molecular weight excluding hydrogens is 275 g/mol. The maximum Gasteiger partial charge on any atom is 0.276 e. The summed E-state index contributed by atoms with van der Waals surface area (Å²) in [7, 11) is 0. The van der Waals surface area contributed by atoms with Crippen molar-refractivity contribution in [2.24, 2.45) is 0 Å². The molecule has 92 valence electrons. The number of nitrogens with zero attached hydrogens (tertiary/aromatic N) is 3. The molecule has 0 aliphatic heterocycles. The van der Waals surface area contributed by atoms with E-state index in [9.17, 15) is 4.79 Å². The molecule has 0 atom stereocenters. The van der Waals surface area contributed by atoms with Gasteiger partial charge in [0.05, 0.1) is 5.69 Å². The SMILES string of the molecule is Cc1cnc(Cl)c(NC(=O)c2ccc(Cl)nn2)c1. The molecule has 2 aromatic rings. The van der Waals surface area contributed by atoms with Crippen LogP contribution in [0.3, 0.4) is 0 Å². The first kappa shape index (κ1) is 12.7. The van der Waals surface area contributed by atoms with Gasteiger partial charge in [0.15, 0.2) is 16.0 Å². The Morgan fingerprint density at radius 3 is 2.72 bits per heavy atom. The Bertz CT molecular complexity index is 586. The Labute approximate surface area is 113 Å². The van der Waals surface area contributed by atoms with E-state index in [1.165, 1.54) is 12.1 Å². The lowest BCUT2D eigenvalue weighted by atomic mass is 10.3. The smallest absolute Gasteiger partial charge is 0.276 e. The van der Waals surface area contributed by atoms with Gasteiger partial charge in [-0.2, -0.15) is 0 Å². The van der Waals surface area contributed by atoms with Gasteiger partial charge in [-0.25, -0.2) is 4.98 Å². The van der Waals surface area contributed by atoms with E-state index in [2.05, 4.69) is 20.5 Å². The average Bonchev–Trinajstić information content (AvgIpc) is 2.34. The highest BCUT2D eigenvalue weighted by atomic mass is 35.5. The second-order valence-electron chi connectivity index (χ2n) is 3.55. The summed E-state index contributed by atoms with van der Waals surface area (Å²) in [6.45, 7) is 1.85. The zero-order chi connectivity index (χ0) is 13.1. The third-order valence-electron chi connectivity index (χ3n) is 2.09. The molecule has 1 amide bonds. The lowest BCUT2D eigenvalue weighted by Gasteiger charge is -2.06. The summed E-state index contributed by atoms with van der Waals surface area (Å²) >= 11 is 11.5. The van der Waals surface area contributed by atoms with Gasteiger partial charge in [0.25, 0.3) is 5.91 Å². The molecule has 1 N–H and O–H groups in total. The highest BCUT2D eigenvalue weighted by Gasteiger charge is 2.11. The van der Waals surface area contributed by atoms with Crippen molar-refractivity contribution in [3.8, 4) is 0 Å². The third-order valence-corrected chi connectivity index (χ3v) is 2.59. The molecule has 18 heavy (non-hydrogen) atoms. The second-order valence-corrected chi connectivity index (χ2v) is 4.29. The van der Waals surface area contributed by atoms with Crippen molar-refractivity contribution in [1.82, 2.24) is 15.2 Å². The van der Waals surface area contributed by atoms with Crippen LogP contribution in [-0.2, 0) is 0 Å². The molecule has 2 aromatic heterocycles. The predicted molar refractivity (Wildman–Crippen MR) is 69.0 cm³/mol. The minimum absolute atomic E-state index is 0.150.